The SMILES string of the molecule is c1ccc2c(c1)ncc1ccoc12. The lowest BCUT2D eigenvalue weighted by atomic mass is 10.2. The predicted octanol–water partition coefficient (Wildman–Crippen LogP) is 2.98. The highest BCUT2D eigenvalue weighted by Gasteiger charge is 2.02. The van der Waals surface area contributed by atoms with E-state index in [1.807, 2.05) is 36.5 Å². The van der Waals surface area contributed by atoms with Gasteiger partial charge < -0.3 is 4.42 Å². The van der Waals surface area contributed by atoms with Crippen LogP contribution in [-0.2, 0) is 0 Å². The van der Waals surface area contributed by atoms with Crippen molar-refractivity contribution in [2.45, 2.75) is 0 Å². The molecular weight excluding hydrogens is 162 g/mol. The molecule has 0 saturated heterocycles. The fourth-order valence-corrected chi connectivity index (χ4v) is 1.56. The second-order valence-electron chi connectivity index (χ2n) is 2.98. The lowest BCUT2D eigenvalue weighted by Crippen LogP contribution is -1.76. The van der Waals surface area contributed by atoms with Gasteiger partial charge in [-0.25, -0.2) is 0 Å². The van der Waals surface area contributed by atoms with E-state index in [2.05, 4.69) is 4.98 Å². The van der Waals surface area contributed by atoms with Gasteiger partial charge in [-0.3, -0.25) is 4.98 Å². The van der Waals surface area contributed by atoms with Crippen molar-refractivity contribution in [3.63, 3.8) is 0 Å². The molecule has 2 heteroatoms. The number of aromatic nitrogens is 1. The molecule has 62 valence electrons. The van der Waals surface area contributed by atoms with Gasteiger partial charge in [0.15, 0.2) is 0 Å². The highest BCUT2D eigenvalue weighted by molar-refractivity contribution is 6.01. The van der Waals surface area contributed by atoms with Gasteiger partial charge in [0, 0.05) is 17.0 Å². The largest absolute Gasteiger partial charge is 0.464 e. The van der Waals surface area contributed by atoms with E-state index in [-0.39, 0.29) is 0 Å². The summed E-state index contributed by atoms with van der Waals surface area (Å²) >= 11 is 0. The smallest absolute Gasteiger partial charge is 0.144 e. The molecule has 0 aliphatic rings. The van der Waals surface area contributed by atoms with Crippen LogP contribution in [0.2, 0.25) is 0 Å². The molecule has 0 fully saturated rings. The number of rotatable bonds is 0. The summed E-state index contributed by atoms with van der Waals surface area (Å²) < 4.78 is 5.39. The first-order valence-electron chi connectivity index (χ1n) is 4.16. The summed E-state index contributed by atoms with van der Waals surface area (Å²) in [5.41, 5.74) is 1.90. The average molecular weight is 169 g/mol. The van der Waals surface area contributed by atoms with E-state index >= 15 is 0 Å². The van der Waals surface area contributed by atoms with Crippen LogP contribution in [0.25, 0.3) is 21.9 Å². The van der Waals surface area contributed by atoms with E-state index in [1.54, 1.807) is 6.26 Å². The first kappa shape index (κ1) is 6.66. The Bertz CT molecular complexity index is 568. The summed E-state index contributed by atoms with van der Waals surface area (Å²) in [5.74, 6) is 0. The third kappa shape index (κ3) is 0.855. The lowest BCUT2D eigenvalue weighted by Gasteiger charge is -1.95. The third-order valence-corrected chi connectivity index (χ3v) is 2.19. The fraction of sp³-hybridized carbons (Fsp3) is 0. The van der Waals surface area contributed by atoms with Crippen LogP contribution in [0.4, 0.5) is 0 Å². The molecule has 2 nitrogen and oxygen atoms in total. The van der Waals surface area contributed by atoms with Crippen LogP contribution >= 0.6 is 0 Å². The Kier molecular flexibility index (Phi) is 1.19. The topological polar surface area (TPSA) is 26.0 Å². The molecule has 0 bridgehead atoms. The van der Waals surface area contributed by atoms with E-state index in [9.17, 15) is 0 Å². The maximum absolute atomic E-state index is 5.39. The summed E-state index contributed by atoms with van der Waals surface area (Å²) in [6.45, 7) is 0. The maximum Gasteiger partial charge on any atom is 0.144 e. The Morgan fingerprint density at radius 1 is 1.08 bits per heavy atom. The molecular formula is C11H7NO. The number of benzene rings is 1. The molecule has 3 rings (SSSR count). The molecule has 0 saturated carbocycles. The van der Waals surface area contributed by atoms with E-state index < -0.39 is 0 Å². The lowest BCUT2D eigenvalue weighted by molar-refractivity contribution is 0.619. The Hall–Kier alpha value is -1.83. The van der Waals surface area contributed by atoms with Gasteiger partial charge in [0.25, 0.3) is 0 Å². The van der Waals surface area contributed by atoms with E-state index in [1.165, 1.54) is 0 Å². The zero-order chi connectivity index (χ0) is 8.67. The monoisotopic (exact) mass is 169 g/mol. The van der Waals surface area contributed by atoms with Crippen molar-refractivity contribution < 1.29 is 4.42 Å². The minimum atomic E-state index is 0.922. The maximum atomic E-state index is 5.39. The van der Waals surface area contributed by atoms with Gasteiger partial charge in [0.2, 0.25) is 0 Å². The second-order valence-corrected chi connectivity index (χ2v) is 2.98. The summed E-state index contributed by atoms with van der Waals surface area (Å²) in [6, 6.07) is 9.90. The van der Waals surface area contributed by atoms with Gasteiger partial charge in [0.1, 0.15) is 5.58 Å². The van der Waals surface area contributed by atoms with Crippen LogP contribution < -0.4 is 0 Å². The molecule has 3 aromatic rings. The van der Waals surface area contributed by atoms with Gasteiger partial charge >= 0.3 is 0 Å². The number of hydrogen-bond acceptors (Lipinski definition) is 2. The Morgan fingerprint density at radius 2 is 2.00 bits per heavy atom. The Balaban J connectivity index is 2.65. The molecule has 1 aromatic carbocycles. The van der Waals surface area contributed by atoms with E-state index in [0.29, 0.717) is 0 Å². The van der Waals surface area contributed by atoms with Crippen molar-refractivity contribution in [2.75, 3.05) is 0 Å². The summed E-state index contributed by atoms with van der Waals surface area (Å²) in [5, 5.41) is 2.13. The van der Waals surface area contributed by atoms with E-state index in [4.69, 9.17) is 4.42 Å². The molecule has 0 N–H and O–H groups in total. The first-order chi connectivity index (χ1) is 6.45. The number of fused-ring (bicyclic) bond motifs is 3. The van der Waals surface area contributed by atoms with Crippen molar-refractivity contribution >= 4 is 21.9 Å². The molecule has 2 heterocycles. The highest BCUT2D eigenvalue weighted by atomic mass is 16.3. The number of pyridine rings is 1. The second kappa shape index (κ2) is 2.33. The minimum Gasteiger partial charge on any atom is -0.464 e. The van der Waals surface area contributed by atoms with Gasteiger partial charge in [-0.15, -0.1) is 0 Å². The molecule has 0 spiro atoms. The molecule has 0 radical (unpaired) electrons. The van der Waals surface area contributed by atoms with E-state index in [0.717, 1.165) is 21.9 Å². The third-order valence-electron chi connectivity index (χ3n) is 2.19. The van der Waals surface area contributed by atoms with Gasteiger partial charge in [0.05, 0.1) is 11.8 Å². The van der Waals surface area contributed by atoms with Gasteiger partial charge in [-0.1, -0.05) is 12.1 Å². The zero-order valence-electron chi connectivity index (χ0n) is 6.90. The van der Waals surface area contributed by atoms with Crippen molar-refractivity contribution in [3.8, 4) is 0 Å². The van der Waals surface area contributed by atoms with Crippen LogP contribution in [0.3, 0.4) is 0 Å². The molecule has 0 amide bonds. The molecule has 13 heavy (non-hydrogen) atoms. The van der Waals surface area contributed by atoms with Crippen LogP contribution in [-0.4, -0.2) is 4.98 Å². The standard InChI is InChI=1S/C11H7NO/c1-2-4-10-9(3-1)11-8(7-12-10)5-6-13-11/h1-7H. The summed E-state index contributed by atoms with van der Waals surface area (Å²) in [6.07, 6.45) is 3.53. The zero-order valence-corrected chi connectivity index (χ0v) is 6.90. The molecule has 0 aliphatic carbocycles. The normalized spacial score (nSPS) is 11.1. The Labute approximate surface area is 74.8 Å². The van der Waals surface area contributed by atoms with Crippen LogP contribution in [0.1, 0.15) is 0 Å². The number of para-hydroxylation sites is 1. The molecule has 2 aromatic heterocycles. The van der Waals surface area contributed by atoms with Crippen molar-refractivity contribution in [3.05, 3.63) is 42.8 Å². The number of hydrogen-bond donors (Lipinski definition) is 0. The summed E-state index contributed by atoms with van der Waals surface area (Å²) in [4.78, 5) is 4.32. The van der Waals surface area contributed by atoms with Crippen LogP contribution in [0, 0.1) is 0 Å². The first-order valence-corrected chi connectivity index (χ1v) is 4.16. The molecule has 0 aliphatic heterocycles. The average Bonchev–Trinajstić information content (AvgIpc) is 2.65. The van der Waals surface area contributed by atoms with Crippen molar-refractivity contribution in [1.82, 2.24) is 4.98 Å². The molecule has 0 unspecified atom stereocenters. The molecule has 0 atom stereocenters. The summed E-state index contributed by atoms with van der Waals surface area (Å²) in [7, 11) is 0. The van der Waals surface area contributed by atoms with Gasteiger partial charge in [-0.2, -0.15) is 0 Å². The highest BCUT2D eigenvalue weighted by Crippen LogP contribution is 2.23. The quantitative estimate of drug-likeness (QED) is 0.517. The van der Waals surface area contributed by atoms with Crippen molar-refractivity contribution in [1.29, 1.82) is 0 Å². The Morgan fingerprint density at radius 3 is 3.00 bits per heavy atom. The van der Waals surface area contributed by atoms with Crippen LogP contribution in [0.5, 0.6) is 0 Å². The van der Waals surface area contributed by atoms with Crippen molar-refractivity contribution in [2.24, 2.45) is 0 Å². The minimum absolute atomic E-state index is 0.922. The van der Waals surface area contributed by atoms with Gasteiger partial charge in [-0.05, 0) is 18.2 Å². The number of nitrogens with zero attached hydrogens (tertiary/aromatic N) is 1. The number of furan rings is 1. The van der Waals surface area contributed by atoms with Crippen LogP contribution in [0.15, 0.2) is 47.2 Å². The predicted molar refractivity (Wildman–Crippen MR) is 51.5 cm³/mol. The fourth-order valence-electron chi connectivity index (χ4n) is 1.56.